The van der Waals surface area contributed by atoms with Crippen LogP contribution in [0.4, 0.5) is 10.6 Å². The SMILES string of the molecule is COC(=O)N(CC#Cc1nc(N)c2ncn(C3OC(C(=O)NC4CC4)C(O)C3O)c2n1)C1CCCC1. The number of anilines is 1. The predicted molar refractivity (Wildman–Crippen MR) is 125 cm³/mol. The first kappa shape index (κ1) is 24.2. The smallest absolute Gasteiger partial charge is 0.410 e. The van der Waals surface area contributed by atoms with Gasteiger partial charge in [0.2, 0.25) is 5.82 Å². The number of aromatic nitrogens is 4. The molecule has 4 atom stereocenters. The van der Waals surface area contributed by atoms with Crippen LogP contribution in [-0.4, -0.2) is 90.7 Å². The number of carbonyl (C=O) groups excluding carboxylic acids is 2. The monoisotopic (exact) mass is 499 g/mol. The first-order valence-corrected chi connectivity index (χ1v) is 12.0. The van der Waals surface area contributed by atoms with Gasteiger partial charge in [-0.05, 0) is 31.6 Å². The van der Waals surface area contributed by atoms with Crippen molar-refractivity contribution in [3.05, 3.63) is 12.2 Å². The molecule has 0 bridgehead atoms. The van der Waals surface area contributed by atoms with Crippen LogP contribution in [-0.2, 0) is 14.3 Å². The standard InChI is InChI=1S/C23H29N7O6/c1-35-23(34)29(13-5-2-3-6-13)10-4-7-14-27-19(24)15-20(28-14)30(11-25-15)22-17(32)16(31)18(36-22)21(33)26-12-8-9-12/h11-13,16-18,22,31-32H,2-3,5-6,8-10H2,1H3,(H,26,33)(H2,24,27,28). The zero-order valence-corrected chi connectivity index (χ0v) is 19.8. The van der Waals surface area contributed by atoms with Crippen LogP contribution in [0, 0.1) is 11.8 Å². The number of hydrogen-bond donors (Lipinski definition) is 4. The number of carbonyl (C=O) groups is 2. The summed E-state index contributed by atoms with van der Waals surface area (Å²) in [5, 5.41) is 23.8. The van der Waals surface area contributed by atoms with E-state index in [1.54, 1.807) is 4.90 Å². The average molecular weight is 500 g/mol. The zero-order chi connectivity index (χ0) is 25.4. The number of nitrogens with zero attached hydrogens (tertiary/aromatic N) is 5. The number of nitrogens with one attached hydrogen (secondary N) is 1. The van der Waals surface area contributed by atoms with Crippen molar-refractivity contribution in [3.63, 3.8) is 0 Å². The van der Waals surface area contributed by atoms with Crippen LogP contribution >= 0.6 is 0 Å². The zero-order valence-electron chi connectivity index (χ0n) is 19.8. The Morgan fingerprint density at radius 3 is 2.69 bits per heavy atom. The predicted octanol–water partition coefficient (Wildman–Crippen LogP) is -0.331. The number of fused-ring (bicyclic) bond motifs is 1. The maximum atomic E-state index is 12.4. The number of imidazole rings is 1. The second kappa shape index (κ2) is 9.88. The first-order chi connectivity index (χ1) is 17.4. The molecule has 13 nitrogen and oxygen atoms in total. The Hall–Kier alpha value is -3.47. The largest absolute Gasteiger partial charge is 0.453 e. The van der Waals surface area contributed by atoms with Crippen molar-refractivity contribution >= 4 is 29.0 Å². The summed E-state index contributed by atoms with van der Waals surface area (Å²) in [6.45, 7) is 0.145. The van der Waals surface area contributed by atoms with Crippen molar-refractivity contribution in [2.24, 2.45) is 0 Å². The van der Waals surface area contributed by atoms with Crippen LogP contribution in [0.1, 0.15) is 50.6 Å². The summed E-state index contributed by atoms with van der Waals surface area (Å²) in [6, 6.07) is 0.162. The van der Waals surface area contributed by atoms with Gasteiger partial charge < -0.3 is 30.7 Å². The molecule has 1 saturated heterocycles. The summed E-state index contributed by atoms with van der Waals surface area (Å²) in [5.41, 5.74) is 6.56. The van der Waals surface area contributed by atoms with E-state index >= 15 is 0 Å². The summed E-state index contributed by atoms with van der Waals surface area (Å²) in [6.07, 6.45) is 1.42. The number of nitrogens with two attached hydrogens (primary N) is 1. The molecule has 36 heavy (non-hydrogen) atoms. The molecule has 2 aromatic heterocycles. The van der Waals surface area contributed by atoms with Crippen molar-refractivity contribution < 1.29 is 29.3 Å². The Morgan fingerprint density at radius 1 is 1.25 bits per heavy atom. The molecule has 2 amide bonds. The normalized spacial score (nSPS) is 26.0. The van der Waals surface area contributed by atoms with E-state index in [0.29, 0.717) is 0 Å². The second-order valence-electron chi connectivity index (χ2n) is 9.31. The highest BCUT2D eigenvalue weighted by Gasteiger charge is 2.48. The van der Waals surface area contributed by atoms with E-state index in [0.717, 1.165) is 38.5 Å². The Balaban J connectivity index is 1.37. The summed E-state index contributed by atoms with van der Waals surface area (Å²) in [4.78, 5) is 39.1. The Labute approximate surface area is 207 Å². The molecule has 2 saturated carbocycles. The van der Waals surface area contributed by atoms with Crippen LogP contribution in [0.2, 0.25) is 0 Å². The number of hydrogen-bond acceptors (Lipinski definition) is 10. The van der Waals surface area contributed by atoms with E-state index < -0.39 is 36.5 Å². The van der Waals surface area contributed by atoms with Crippen molar-refractivity contribution in [2.75, 3.05) is 19.4 Å². The molecule has 4 unspecified atom stereocenters. The minimum Gasteiger partial charge on any atom is -0.453 e. The van der Waals surface area contributed by atoms with Crippen LogP contribution in [0.15, 0.2) is 6.33 Å². The number of amides is 2. The summed E-state index contributed by atoms with van der Waals surface area (Å²) < 4.78 is 12.0. The third kappa shape index (κ3) is 4.67. The lowest BCUT2D eigenvalue weighted by Gasteiger charge is -2.25. The van der Waals surface area contributed by atoms with Gasteiger partial charge >= 0.3 is 6.09 Å². The minimum absolute atomic E-state index is 0.0692. The van der Waals surface area contributed by atoms with Gasteiger partial charge in [0.1, 0.15) is 17.7 Å². The molecule has 3 heterocycles. The minimum atomic E-state index is -1.43. The molecule has 5 rings (SSSR count). The fourth-order valence-electron chi connectivity index (χ4n) is 4.68. The van der Waals surface area contributed by atoms with Gasteiger partial charge in [0.25, 0.3) is 5.91 Å². The summed E-state index contributed by atoms with van der Waals surface area (Å²) in [7, 11) is 1.34. The Bertz CT molecular complexity index is 1210. The van der Waals surface area contributed by atoms with E-state index in [2.05, 4.69) is 32.1 Å². The molecule has 192 valence electrons. The highest BCUT2D eigenvalue weighted by Crippen LogP contribution is 2.33. The van der Waals surface area contributed by atoms with E-state index in [1.165, 1.54) is 18.0 Å². The van der Waals surface area contributed by atoms with Crippen LogP contribution in [0.5, 0.6) is 0 Å². The second-order valence-corrected chi connectivity index (χ2v) is 9.31. The molecular weight excluding hydrogens is 470 g/mol. The van der Waals surface area contributed by atoms with Crippen LogP contribution in [0.25, 0.3) is 11.2 Å². The average Bonchev–Trinajstić information content (AvgIpc) is 3.22. The molecule has 13 heteroatoms. The van der Waals surface area contributed by atoms with Gasteiger partial charge in [-0.2, -0.15) is 0 Å². The molecule has 2 aliphatic carbocycles. The van der Waals surface area contributed by atoms with E-state index in [9.17, 15) is 19.8 Å². The fraction of sp³-hybridized carbons (Fsp3) is 0.609. The van der Waals surface area contributed by atoms with Crippen molar-refractivity contribution in [1.29, 1.82) is 0 Å². The summed E-state index contributed by atoms with van der Waals surface area (Å²) >= 11 is 0. The Kier molecular flexibility index (Phi) is 6.65. The van der Waals surface area contributed by atoms with Crippen molar-refractivity contribution in [1.82, 2.24) is 29.7 Å². The van der Waals surface area contributed by atoms with E-state index in [-0.39, 0.29) is 41.4 Å². The fourth-order valence-corrected chi connectivity index (χ4v) is 4.68. The lowest BCUT2D eigenvalue weighted by molar-refractivity contribution is -0.137. The summed E-state index contributed by atoms with van der Waals surface area (Å²) in [5.74, 6) is 5.44. The molecule has 1 aliphatic heterocycles. The van der Waals surface area contributed by atoms with E-state index in [4.69, 9.17) is 15.2 Å². The van der Waals surface area contributed by atoms with Gasteiger partial charge in [0, 0.05) is 12.1 Å². The topological polar surface area (TPSA) is 178 Å². The van der Waals surface area contributed by atoms with Crippen LogP contribution < -0.4 is 11.1 Å². The number of ether oxygens (including phenoxy) is 2. The molecule has 3 fully saturated rings. The number of nitrogen functional groups attached to an aromatic ring is 1. The van der Waals surface area contributed by atoms with Crippen molar-refractivity contribution in [3.8, 4) is 11.8 Å². The third-order valence-electron chi connectivity index (χ3n) is 6.77. The quantitative estimate of drug-likeness (QED) is 0.398. The maximum Gasteiger partial charge on any atom is 0.410 e. The highest BCUT2D eigenvalue weighted by molar-refractivity contribution is 5.83. The van der Waals surface area contributed by atoms with Gasteiger partial charge in [-0.25, -0.2) is 19.7 Å². The third-order valence-corrected chi connectivity index (χ3v) is 6.77. The van der Waals surface area contributed by atoms with Gasteiger partial charge in [-0.1, -0.05) is 18.8 Å². The Morgan fingerprint density at radius 2 is 2.00 bits per heavy atom. The highest BCUT2D eigenvalue weighted by atomic mass is 16.6. The van der Waals surface area contributed by atoms with Gasteiger partial charge in [0.05, 0.1) is 20.0 Å². The molecule has 0 radical (unpaired) electrons. The molecule has 0 aromatic carbocycles. The maximum absolute atomic E-state index is 12.4. The molecule has 2 aromatic rings. The number of methoxy groups -OCH3 is 1. The van der Waals surface area contributed by atoms with Gasteiger partial charge in [-0.15, -0.1) is 0 Å². The number of aliphatic hydroxyl groups excluding tert-OH is 2. The van der Waals surface area contributed by atoms with Gasteiger partial charge in [0.15, 0.2) is 23.8 Å². The lowest BCUT2D eigenvalue weighted by Crippen LogP contribution is -2.43. The molecule has 0 spiro atoms. The van der Waals surface area contributed by atoms with Crippen molar-refractivity contribution in [2.45, 2.75) is 75.1 Å². The molecular formula is C23H29N7O6. The molecule has 3 aliphatic rings. The lowest BCUT2D eigenvalue weighted by atomic mass is 10.1. The van der Waals surface area contributed by atoms with Gasteiger partial charge in [-0.3, -0.25) is 14.3 Å². The number of aliphatic hydroxyl groups is 2. The van der Waals surface area contributed by atoms with Crippen LogP contribution in [0.3, 0.4) is 0 Å². The van der Waals surface area contributed by atoms with E-state index in [1.807, 2.05) is 0 Å². The molecule has 5 N–H and O–H groups in total. The first-order valence-electron chi connectivity index (χ1n) is 12.0. The number of rotatable bonds is 5.